The van der Waals surface area contributed by atoms with Crippen molar-refractivity contribution in [3.8, 4) is 0 Å². The molecule has 1 aromatic carbocycles. The first-order chi connectivity index (χ1) is 8.63. The summed E-state index contributed by atoms with van der Waals surface area (Å²) in [5.74, 6) is -0.0535. The third-order valence-electron chi connectivity index (χ3n) is 3.71. The Morgan fingerprint density at radius 3 is 3.00 bits per heavy atom. The van der Waals surface area contributed by atoms with Gasteiger partial charge in [0, 0.05) is 24.5 Å². The molecule has 1 saturated heterocycles. The van der Waals surface area contributed by atoms with Crippen LogP contribution in [0.15, 0.2) is 18.2 Å². The molecule has 0 bridgehead atoms. The van der Waals surface area contributed by atoms with E-state index < -0.39 is 6.17 Å². The van der Waals surface area contributed by atoms with Gasteiger partial charge in [0.15, 0.2) is 0 Å². The van der Waals surface area contributed by atoms with Gasteiger partial charge in [-0.2, -0.15) is 0 Å². The Bertz CT molecular complexity index is 491. The molecular weight excluding hydrogens is 233 g/mol. The molecule has 18 heavy (non-hydrogen) atoms. The molecule has 5 heteroatoms. The SMILES string of the molecule is Nc1ccc2c(c1)NC(=O)C(N1CC[C@H](F)C1)C2. The molecule has 0 saturated carbocycles. The summed E-state index contributed by atoms with van der Waals surface area (Å²) in [6.07, 6.45) is 0.359. The molecule has 0 aliphatic carbocycles. The van der Waals surface area contributed by atoms with E-state index in [4.69, 9.17) is 5.73 Å². The highest BCUT2D eigenvalue weighted by Crippen LogP contribution is 2.28. The average Bonchev–Trinajstić information content (AvgIpc) is 2.74. The molecule has 2 aliphatic rings. The lowest BCUT2D eigenvalue weighted by Gasteiger charge is -2.31. The summed E-state index contributed by atoms with van der Waals surface area (Å²) in [4.78, 5) is 14.0. The van der Waals surface area contributed by atoms with Crippen LogP contribution in [0.25, 0.3) is 0 Å². The second-order valence-corrected chi connectivity index (χ2v) is 5.01. The first-order valence-corrected chi connectivity index (χ1v) is 6.21. The van der Waals surface area contributed by atoms with Gasteiger partial charge in [-0.25, -0.2) is 4.39 Å². The van der Waals surface area contributed by atoms with Crippen molar-refractivity contribution in [2.45, 2.75) is 25.1 Å². The second kappa shape index (κ2) is 4.24. The molecule has 1 unspecified atom stereocenters. The molecule has 96 valence electrons. The zero-order valence-electron chi connectivity index (χ0n) is 10.0. The maximum absolute atomic E-state index is 13.2. The van der Waals surface area contributed by atoms with Crippen LogP contribution in [0, 0.1) is 0 Å². The number of likely N-dealkylation sites (tertiary alicyclic amines) is 1. The molecule has 0 aromatic heterocycles. The lowest BCUT2D eigenvalue weighted by molar-refractivity contribution is -0.121. The topological polar surface area (TPSA) is 58.4 Å². The highest BCUT2D eigenvalue weighted by atomic mass is 19.1. The van der Waals surface area contributed by atoms with Crippen LogP contribution in [0.1, 0.15) is 12.0 Å². The maximum Gasteiger partial charge on any atom is 0.242 e. The minimum atomic E-state index is -0.800. The number of nitrogens with zero attached hydrogens (tertiary/aromatic N) is 1. The lowest BCUT2D eigenvalue weighted by atomic mass is 9.97. The molecule has 3 N–H and O–H groups in total. The highest BCUT2D eigenvalue weighted by Gasteiger charge is 2.35. The van der Waals surface area contributed by atoms with E-state index in [1.165, 1.54) is 0 Å². The molecule has 2 aliphatic heterocycles. The molecule has 4 nitrogen and oxygen atoms in total. The van der Waals surface area contributed by atoms with Gasteiger partial charge in [0.25, 0.3) is 0 Å². The Morgan fingerprint density at radius 2 is 2.28 bits per heavy atom. The number of fused-ring (bicyclic) bond motifs is 1. The summed E-state index contributed by atoms with van der Waals surface area (Å²) in [6.45, 7) is 1.02. The Kier molecular flexibility index (Phi) is 2.70. The first kappa shape index (κ1) is 11.5. The largest absolute Gasteiger partial charge is 0.399 e. The number of anilines is 2. The van der Waals surface area contributed by atoms with Crippen LogP contribution in [0.4, 0.5) is 15.8 Å². The van der Waals surface area contributed by atoms with E-state index >= 15 is 0 Å². The predicted molar refractivity (Wildman–Crippen MR) is 68.1 cm³/mol. The van der Waals surface area contributed by atoms with Crippen LogP contribution in [0.2, 0.25) is 0 Å². The fourth-order valence-corrected chi connectivity index (χ4v) is 2.73. The second-order valence-electron chi connectivity index (χ2n) is 5.01. The van der Waals surface area contributed by atoms with Crippen molar-refractivity contribution in [2.75, 3.05) is 24.1 Å². The summed E-state index contributed by atoms with van der Waals surface area (Å²) in [5, 5.41) is 2.86. The zero-order chi connectivity index (χ0) is 12.7. The normalized spacial score (nSPS) is 27.9. The van der Waals surface area contributed by atoms with Gasteiger partial charge in [-0.1, -0.05) is 6.07 Å². The number of alkyl halides is 1. The van der Waals surface area contributed by atoms with E-state index in [0.717, 1.165) is 11.3 Å². The molecule has 0 radical (unpaired) electrons. The standard InChI is InChI=1S/C13H16FN3O/c14-9-3-4-17(7-9)12-5-8-1-2-10(15)6-11(8)16-13(12)18/h1-2,6,9,12H,3-5,7,15H2,(H,16,18)/t9-,12?/m0/s1. The fourth-order valence-electron chi connectivity index (χ4n) is 2.73. The third kappa shape index (κ3) is 1.95. The minimum Gasteiger partial charge on any atom is -0.399 e. The third-order valence-corrected chi connectivity index (χ3v) is 3.71. The Labute approximate surface area is 105 Å². The summed E-state index contributed by atoms with van der Waals surface area (Å²) in [6, 6.07) is 5.28. The van der Waals surface area contributed by atoms with E-state index in [0.29, 0.717) is 31.6 Å². The molecule has 1 aromatic rings. The van der Waals surface area contributed by atoms with Gasteiger partial charge in [-0.15, -0.1) is 0 Å². The van der Waals surface area contributed by atoms with E-state index in [-0.39, 0.29) is 11.9 Å². The Balaban J connectivity index is 1.83. The van der Waals surface area contributed by atoms with Gasteiger partial charge >= 0.3 is 0 Å². The molecule has 1 fully saturated rings. The van der Waals surface area contributed by atoms with Crippen molar-refractivity contribution < 1.29 is 9.18 Å². The molecule has 2 heterocycles. The van der Waals surface area contributed by atoms with Crippen LogP contribution in [-0.2, 0) is 11.2 Å². The Morgan fingerprint density at radius 1 is 1.44 bits per heavy atom. The van der Waals surface area contributed by atoms with Crippen LogP contribution in [0.5, 0.6) is 0 Å². The number of hydrogen-bond donors (Lipinski definition) is 2. The number of benzene rings is 1. The molecule has 0 spiro atoms. The number of carbonyl (C=O) groups excluding carboxylic acids is 1. The van der Waals surface area contributed by atoms with Crippen molar-refractivity contribution in [2.24, 2.45) is 0 Å². The van der Waals surface area contributed by atoms with Crippen molar-refractivity contribution in [1.82, 2.24) is 4.90 Å². The van der Waals surface area contributed by atoms with Crippen molar-refractivity contribution in [3.63, 3.8) is 0 Å². The van der Waals surface area contributed by atoms with Crippen molar-refractivity contribution >= 4 is 17.3 Å². The molecule has 2 atom stereocenters. The van der Waals surface area contributed by atoms with Crippen LogP contribution in [0.3, 0.4) is 0 Å². The molecular formula is C13H16FN3O. The van der Waals surface area contributed by atoms with Crippen LogP contribution < -0.4 is 11.1 Å². The van der Waals surface area contributed by atoms with Gasteiger partial charge in [-0.3, -0.25) is 9.69 Å². The van der Waals surface area contributed by atoms with E-state index in [9.17, 15) is 9.18 Å². The predicted octanol–water partition coefficient (Wildman–Crippen LogP) is 1.18. The van der Waals surface area contributed by atoms with Crippen molar-refractivity contribution in [3.05, 3.63) is 23.8 Å². The number of hydrogen-bond acceptors (Lipinski definition) is 3. The van der Waals surface area contributed by atoms with Gasteiger partial charge < -0.3 is 11.1 Å². The van der Waals surface area contributed by atoms with E-state index in [1.807, 2.05) is 17.0 Å². The fraction of sp³-hybridized carbons (Fsp3) is 0.462. The van der Waals surface area contributed by atoms with Crippen LogP contribution >= 0.6 is 0 Å². The highest BCUT2D eigenvalue weighted by molar-refractivity contribution is 5.98. The average molecular weight is 249 g/mol. The summed E-state index contributed by atoms with van der Waals surface area (Å²) < 4.78 is 13.2. The van der Waals surface area contributed by atoms with Crippen molar-refractivity contribution in [1.29, 1.82) is 0 Å². The van der Waals surface area contributed by atoms with Crippen LogP contribution in [-0.4, -0.2) is 36.1 Å². The maximum atomic E-state index is 13.2. The number of rotatable bonds is 1. The van der Waals surface area contributed by atoms with Gasteiger partial charge in [0.1, 0.15) is 6.17 Å². The first-order valence-electron chi connectivity index (χ1n) is 6.21. The lowest BCUT2D eigenvalue weighted by Crippen LogP contribution is -2.47. The monoisotopic (exact) mass is 249 g/mol. The number of nitrogen functional groups attached to an aromatic ring is 1. The molecule has 3 rings (SSSR count). The number of nitrogens with two attached hydrogens (primary N) is 1. The van der Waals surface area contributed by atoms with E-state index in [1.54, 1.807) is 6.07 Å². The quantitative estimate of drug-likeness (QED) is 0.735. The minimum absolute atomic E-state index is 0.0535. The van der Waals surface area contributed by atoms with Gasteiger partial charge in [-0.05, 0) is 30.5 Å². The summed E-state index contributed by atoms with van der Waals surface area (Å²) in [7, 11) is 0. The van der Waals surface area contributed by atoms with Gasteiger partial charge in [0.05, 0.1) is 6.04 Å². The molecule has 1 amide bonds. The Hall–Kier alpha value is -1.62. The van der Waals surface area contributed by atoms with Gasteiger partial charge in [0.2, 0.25) is 5.91 Å². The summed E-state index contributed by atoms with van der Waals surface area (Å²) >= 11 is 0. The number of amides is 1. The zero-order valence-corrected chi connectivity index (χ0v) is 10.0. The number of carbonyl (C=O) groups is 1. The summed E-state index contributed by atoms with van der Waals surface area (Å²) in [5.41, 5.74) is 8.18. The number of nitrogens with one attached hydrogen (secondary N) is 1. The number of halogens is 1. The van der Waals surface area contributed by atoms with E-state index in [2.05, 4.69) is 5.32 Å². The smallest absolute Gasteiger partial charge is 0.242 e.